The quantitative estimate of drug-likeness (QED) is 0.473. The van der Waals surface area contributed by atoms with Gasteiger partial charge in [-0.3, -0.25) is 4.79 Å². The maximum absolute atomic E-state index is 12.6. The summed E-state index contributed by atoms with van der Waals surface area (Å²) in [6.45, 7) is 14.2. The molecule has 0 aliphatic carbocycles. The van der Waals surface area contributed by atoms with Crippen LogP contribution in [0.1, 0.15) is 57.6 Å². The molecule has 0 bridgehead atoms. The topological polar surface area (TPSA) is 29.5 Å². The first-order chi connectivity index (χ1) is 11.0. The highest BCUT2D eigenvalue weighted by molar-refractivity contribution is 5.79. The number of aryl methyl sites for hydroxylation is 1. The van der Waals surface area contributed by atoms with Crippen molar-refractivity contribution in [2.45, 2.75) is 53.4 Å². The monoisotopic (exact) mass is 319 g/mol. The van der Waals surface area contributed by atoms with Crippen LogP contribution in [0.15, 0.2) is 24.3 Å². The van der Waals surface area contributed by atoms with Gasteiger partial charge in [-0.25, -0.2) is 0 Å². The molecule has 1 aromatic carbocycles. The first-order valence-corrected chi connectivity index (χ1v) is 8.99. The largest absolute Gasteiger partial charge is 0.465 e. The van der Waals surface area contributed by atoms with Crippen molar-refractivity contribution in [3.63, 3.8) is 0 Å². The predicted molar refractivity (Wildman–Crippen MR) is 96.7 cm³/mol. The Kier molecular flexibility index (Phi) is 8.93. The molecular weight excluding hydrogens is 286 g/mol. The number of nitrogens with zero attached hydrogens (tertiary/aromatic N) is 1. The summed E-state index contributed by atoms with van der Waals surface area (Å²) >= 11 is 0. The number of rotatable bonds is 10. The predicted octanol–water partition coefficient (Wildman–Crippen LogP) is 4.40. The summed E-state index contributed by atoms with van der Waals surface area (Å²) in [5, 5.41) is 0. The van der Waals surface area contributed by atoms with Gasteiger partial charge < -0.3 is 9.64 Å². The minimum absolute atomic E-state index is 0.0757. The Morgan fingerprint density at radius 1 is 1.17 bits per heavy atom. The van der Waals surface area contributed by atoms with Gasteiger partial charge in [0.25, 0.3) is 0 Å². The summed E-state index contributed by atoms with van der Waals surface area (Å²) in [4.78, 5) is 15.0. The second kappa shape index (κ2) is 10.4. The molecule has 2 atom stereocenters. The maximum atomic E-state index is 12.6. The summed E-state index contributed by atoms with van der Waals surface area (Å²) in [5.74, 6) is 0.0502. The second-order valence-electron chi connectivity index (χ2n) is 6.27. The van der Waals surface area contributed by atoms with Crippen LogP contribution in [0.3, 0.4) is 0 Å². The Labute approximate surface area is 142 Å². The van der Waals surface area contributed by atoms with Gasteiger partial charge in [0.2, 0.25) is 0 Å². The molecule has 0 N–H and O–H groups in total. The van der Waals surface area contributed by atoms with Crippen LogP contribution in [0, 0.1) is 12.8 Å². The van der Waals surface area contributed by atoms with Gasteiger partial charge in [0, 0.05) is 6.54 Å². The van der Waals surface area contributed by atoms with Crippen LogP contribution in [0.5, 0.6) is 0 Å². The molecule has 0 aliphatic heterocycles. The minimum atomic E-state index is -0.158. The molecule has 130 valence electrons. The average Bonchev–Trinajstić information content (AvgIpc) is 2.56. The Bertz CT molecular complexity index is 468. The molecule has 0 heterocycles. The zero-order valence-electron chi connectivity index (χ0n) is 15.5. The Hall–Kier alpha value is -1.35. The highest BCUT2D eigenvalue weighted by Crippen LogP contribution is 2.30. The first-order valence-electron chi connectivity index (χ1n) is 8.99. The summed E-state index contributed by atoms with van der Waals surface area (Å²) in [6.07, 6.45) is 1.86. The van der Waals surface area contributed by atoms with Crippen molar-refractivity contribution < 1.29 is 9.53 Å². The van der Waals surface area contributed by atoms with Gasteiger partial charge >= 0.3 is 5.97 Å². The first kappa shape index (κ1) is 19.7. The number of hydrogen-bond donors (Lipinski definition) is 0. The lowest BCUT2D eigenvalue weighted by Gasteiger charge is -2.24. The van der Waals surface area contributed by atoms with E-state index in [2.05, 4.69) is 51.7 Å². The number of carbonyl (C=O) groups excluding carboxylic acids is 1. The summed E-state index contributed by atoms with van der Waals surface area (Å²) in [5.41, 5.74) is 2.27. The van der Waals surface area contributed by atoms with Crippen molar-refractivity contribution in [3.05, 3.63) is 35.4 Å². The number of benzene rings is 1. The molecule has 3 nitrogen and oxygen atoms in total. The fourth-order valence-electron chi connectivity index (χ4n) is 2.93. The fourth-order valence-corrected chi connectivity index (χ4v) is 2.93. The average molecular weight is 319 g/mol. The molecule has 0 fully saturated rings. The highest BCUT2D eigenvalue weighted by atomic mass is 16.5. The van der Waals surface area contributed by atoms with Gasteiger partial charge in [-0.2, -0.15) is 0 Å². The van der Waals surface area contributed by atoms with E-state index >= 15 is 0 Å². The lowest BCUT2D eigenvalue weighted by atomic mass is 9.83. The van der Waals surface area contributed by atoms with Crippen molar-refractivity contribution in [3.8, 4) is 0 Å². The Balaban J connectivity index is 2.66. The molecule has 1 rings (SSSR count). The molecule has 0 spiro atoms. The fraction of sp³-hybridized carbons (Fsp3) is 0.650. The third kappa shape index (κ3) is 5.98. The van der Waals surface area contributed by atoms with Crippen molar-refractivity contribution in [1.82, 2.24) is 4.90 Å². The Morgan fingerprint density at radius 2 is 1.83 bits per heavy atom. The standard InChI is InChI=1S/C20H33NO2/c1-6-16(4)19(18-13-10-9-12-17(18)5)20(22)23-15-11-14-21(7-2)8-3/h9-10,12-13,16,19H,6-8,11,14-15H2,1-5H3/t16-,19-/m1/s1. The smallest absolute Gasteiger partial charge is 0.313 e. The summed E-state index contributed by atoms with van der Waals surface area (Å²) < 4.78 is 5.61. The molecule has 0 aliphatic rings. The zero-order valence-corrected chi connectivity index (χ0v) is 15.5. The van der Waals surface area contributed by atoms with Crippen molar-refractivity contribution in [2.75, 3.05) is 26.2 Å². The van der Waals surface area contributed by atoms with E-state index in [4.69, 9.17) is 4.74 Å². The lowest BCUT2D eigenvalue weighted by Crippen LogP contribution is -2.27. The number of ether oxygens (including phenoxy) is 1. The van der Waals surface area contributed by atoms with E-state index in [0.29, 0.717) is 6.61 Å². The summed E-state index contributed by atoms with van der Waals surface area (Å²) in [7, 11) is 0. The van der Waals surface area contributed by atoms with Gasteiger partial charge in [0.05, 0.1) is 12.5 Å². The van der Waals surface area contributed by atoms with Gasteiger partial charge in [-0.15, -0.1) is 0 Å². The van der Waals surface area contributed by atoms with Gasteiger partial charge in [0.15, 0.2) is 0 Å². The molecule has 0 radical (unpaired) electrons. The molecule has 0 saturated heterocycles. The van der Waals surface area contributed by atoms with E-state index < -0.39 is 0 Å². The molecule has 1 aromatic rings. The molecule has 0 amide bonds. The third-order valence-electron chi connectivity index (χ3n) is 4.75. The SMILES string of the molecule is CC[C@@H](C)[C@@H](C(=O)OCCCN(CC)CC)c1ccccc1C. The molecule has 0 unspecified atom stereocenters. The van der Waals surface area contributed by atoms with Crippen LogP contribution in [-0.2, 0) is 9.53 Å². The summed E-state index contributed by atoms with van der Waals surface area (Å²) in [6, 6.07) is 8.15. The minimum Gasteiger partial charge on any atom is -0.465 e. The van der Waals surface area contributed by atoms with E-state index in [1.54, 1.807) is 0 Å². The Morgan fingerprint density at radius 3 is 2.39 bits per heavy atom. The van der Waals surface area contributed by atoms with Crippen LogP contribution in [0.25, 0.3) is 0 Å². The van der Waals surface area contributed by atoms with E-state index in [0.717, 1.165) is 43.6 Å². The molecular formula is C20H33NO2. The second-order valence-corrected chi connectivity index (χ2v) is 6.27. The molecule has 3 heteroatoms. The van der Waals surface area contributed by atoms with Crippen molar-refractivity contribution >= 4 is 5.97 Å². The van der Waals surface area contributed by atoms with Crippen LogP contribution >= 0.6 is 0 Å². The van der Waals surface area contributed by atoms with Crippen LogP contribution < -0.4 is 0 Å². The molecule has 23 heavy (non-hydrogen) atoms. The number of hydrogen-bond acceptors (Lipinski definition) is 3. The van der Waals surface area contributed by atoms with E-state index in [1.165, 1.54) is 0 Å². The zero-order chi connectivity index (χ0) is 17.2. The van der Waals surface area contributed by atoms with Gasteiger partial charge in [0.1, 0.15) is 0 Å². The van der Waals surface area contributed by atoms with Crippen LogP contribution in [0.2, 0.25) is 0 Å². The lowest BCUT2D eigenvalue weighted by molar-refractivity contribution is -0.147. The normalized spacial score (nSPS) is 13.8. The molecule has 0 saturated carbocycles. The number of esters is 1. The van der Waals surface area contributed by atoms with E-state index in [9.17, 15) is 4.79 Å². The van der Waals surface area contributed by atoms with Crippen LogP contribution in [0.4, 0.5) is 0 Å². The van der Waals surface area contributed by atoms with E-state index in [1.807, 2.05) is 12.1 Å². The maximum Gasteiger partial charge on any atom is 0.313 e. The van der Waals surface area contributed by atoms with E-state index in [-0.39, 0.29) is 17.8 Å². The van der Waals surface area contributed by atoms with Gasteiger partial charge in [-0.05, 0) is 43.5 Å². The van der Waals surface area contributed by atoms with Crippen LogP contribution in [-0.4, -0.2) is 37.1 Å². The van der Waals surface area contributed by atoms with Crippen molar-refractivity contribution in [2.24, 2.45) is 5.92 Å². The van der Waals surface area contributed by atoms with Crippen molar-refractivity contribution in [1.29, 1.82) is 0 Å². The molecule has 0 aromatic heterocycles. The highest BCUT2D eigenvalue weighted by Gasteiger charge is 2.28. The van der Waals surface area contributed by atoms with Gasteiger partial charge in [-0.1, -0.05) is 58.4 Å². The third-order valence-corrected chi connectivity index (χ3v) is 4.75. The number of carbonyl (C=O) groups is 1.